The zero-order valence-electron chi connectivity index (χ0n) is 11.6. The quantitative estimate of drug-likeness (QED) is 0.390. The van der Waals surface area contributed by atoms with Crippen molar-refractivity contribution in [1.29, 1.82) is 0 Å². The molecule has 0 radical (unpaired) electrons. The third kappa shape index (κ3) is 4.51. The lowest BCUT2D eigenvalue weighted by Gasteiger charge is -2.40. The molecule has 23 heavy (non-hydrogen) atoms. The van der Waals surface area contributed by atoms with Gasteiger partial charge in [0.15, 0.2) is 6.10 Å². The first-order chi connectivity index (χ1) is 10.7. The molecule has 0 amide bonds. The van der Waals surface area contributed by atoms with Crippen LogP contribution in [-0.4, -0.2) is 70.7 Å². The molecule has 5 atom stereocenters. The predicted molar refractivity (Wildman–Crippen MR) is 72.9 cm³/mol. The van der Waals surface area contributed by atoms with Crippen molar-refractivity contribution >= 4 is 10.4 Å². The molecule has 0 spiro atoms. The number of rotatable bonds is 5. The van der Waals surface area contributed by atoms with Crippen LogP contribution in [0.3, 0.4) is 0 Å². The topological polar surface area (TPSA) is 163 Å². The Bertz CT molecular complexity index is 615. The van der Waals surface area contributed by atoms with Gasteiger partial charge in [-0.1, -0.05) is 0 Å². The van der Waals surface area contributed by atoms with Crippen LogP contribution in [0.1, 0.15) is 0 Å². The SMILES string of the molecule is O=S(=O)(O)O[C@@H]1[C@@H](Oc2ccc(O)cc2)O[C@@H](CO)[C@H](O)[C@H]1O. The minimum Gasteiger partial charge on any atom is -0.508 e. The van der Waals surface area contributed by atoms with Crippen molar-refractivity contribution < 1.29 is 47.1 Å². The third-order valence-corrected chi connectivity index (χ3v) is 3.61. The highest BCUT2D eigenvalue weighted by atomic mass is 32.3. The molecule has 1 aromatic carbocycles. The van der Waals surface area contributed by atoms with Gasteiger partial charge in [-0.2, -0.15) is 8.42 Å². The predicted octanol–water partition coefficient (Wildman–Crippen LogP) is -1.60. The van der Waals surface area contributed by atoms with Gasteiger partial charge in [-0.15, -0.1) is 0 Å². The van der Waals surface area contributed by atoms with E-state index in [0.29, 0.717) is 0 Å². The number of phenolic OH excluding ortho intramolecular Hbond substituents is 1. The van der Waals surface area contributed by atoms with E-state index in [1.807, 2.05) is 0 Å². The van der Waals surface area contributed by atoms with Gasteiger partial charge in [0.1, 0.15) is 29.8 Å². The second-order valence-corrected chi connectivity index (χ2v) is 5.85. The van der Waals surface area contributed by atoms with E-state index in [0.717, 1.165) is 0 Å². The average Bonchev–Trinajstić information content (AvgIpc) is 2.48. The summed E-state index contributed by atoms with van der Waals surface area (Å²) in [6.45, 7) is -0.674. The molecule has 0 bridgehead atoms. The number of ether oxygens (including phenoxy) is 2. The minimum absolute atomic E-state index is 0.0451. The van der Waals surface area contributed by atoms with Crippen LogP contribution in [0.5, 0.6) is 11.5 Å². The number of phenols is 1. The molecule has 1 fully saturated rings. The zero-order chi connectivity index (χ0) is 17.2. The normalized spacial score (nSPS) is 31.7. The Morgan fingerprint density at radius 2 is 1.74 bits per heavy atom. The van der Waals surface area contributed by atoms with E-state index in [1.54, 1.807) is 0 Å². The lowest BCUT2D eigenvalue weighted by Crippen LogP contribution is -2.61. The number of hydrogen-bond donors (Lipinski definition) is 5. The van der Waals surface area contributed by atoms with E-state index in [-0.39, 0.29) is 11.5 Å². The van der Waals surface area contributed by atoms with Gasteiger partial charge >= 0.3 is 10.4 Å². The summed E-state index contributed by atoms with van der Waals surface area (Å²) in [6.07, 6.45) is -8.07. The Kier molecular flexibility index (Phi) is 5.41. The Morgan fingerprint density at radius 3 is 2.26 bits per heavy atom. The summed E-state index contributed by atoms with van der Waals surface area (Å²) in [4.78, 5) is 0. The van der Waals surface area contributed by atoms with E-state index in [2.05, 4.69) is 4.18 Å². The van der Waals surface area contributed by atoms with Crippen LogP contribution < -0.4 is 4.74 Å². The van der Waals surface area contributed by atoms with Crippen molar-refractivity contribution in [2.45, 2.75) is 30.7 Å². The molecule has 0 aliphatic carbocycles. The highest BCUT2D eigenvalue weighted by molar-refractivity contribution is 7.80. The zero-order valence-corrected chi connectivity index (χ0v) is 12.4. The summed E-state index contributed by atoms with van der Waals surface area (Å²) in [7, 11) is -4.97. The Balaban J connectivity index is 2.24. The number of hydrogen-bond acceptors (Lipinski definition) is 9. The summed E-state index contributed by atoms with van der Waals surface area (Å²) in [5.41, 5.74) is 0. The first kappa shape index (κ1) is 17.9. The van der Waals surface area contributed by atoms with Gasteiger partial charge in [0.25, 0.3) is 0 Å². The van der Waals surface area contributed by atoms with Crippen molar-refractivity contribution in [3.05, 3.63) is 24.3 Å². The van der Waals surface area contributed by atoms with E-state index in [4.69, 9.17) is 19.1 Å². The number of benzene rings is 1. The Hall–Kier alpha value is -1.47. The molecule has 0 aromatic heterocycles. The van der Waals surface area contributed by atoms with Crippen LogP contribution in [-0.2, 0) is 19.3 Å². The maximum absolute atomic E-state index is 10.9. The van der Waals surface area contributed by atoms with E-state index >= 15 is 0 Å². The molecule has 130 valence electrons. The molecule has 10 nitrogen and oxygen atoms in total. The standard InChI is InChI=1S/C12H16O10S/c13-5-8-9(15)10(16)11(22-23(17,18)19)12(21-8)20-7-3-1-6(14)2-4-7/h1-4,8-16H,5H2,(H,17,18,19)/t8-,9-,10+,11-,12-/m0/s1. The van der Waals surface area contributed by atoms with E-state index in [1.165, 1.54) is 24.3 Å². The van der Waals surface area contributed by atoms with Gasteiger partial charge in [-0.3, -0.25) is 4.55 Å². The average molecular weight is 352 g/mol. The summed E-state index contributed by atoms with van der Waals surface area (Å²) in [5.74, 6) is 0.0772. The summed E-state index contributed by atoms with van der Waals surface area (Å²) < 4.78 is 45.3. The molecule has 1 heterocycles. The van der Waals surface area contributed by atoms with Crippen LogP contribution in [0.4, 0.5) is 0 Å². The molecule has 5 N–H and O–H groups in total. The number of aromatic hydroxyl groups is 1. The fraction of sp³-hybridized carbons (Fsp3) is 0.500. The first-order valence-corrected chi connectivity index (χ1v) is 7.81. The summed E-state index contributed by atoms with van der Waals surface area (Å²) in [6, 6.07) is 5.22. The summed E-state index contributed by atoms with van der Waals surface area (Å²) >= 11 is 0. The molecular formula is C12H16O10S. The second kappa shape index (κ2) is 6.97. The van der Waals surface area contributed by atoms with Gasteiger partial charge in [0.2, 0.25) is 6.29 Å². The molecule has 0 saturated carbocycles. The molecule has 11 heteroatoms. The van der Waals surface area contributed by atoms with Crippen LogP contribution in [0.2, 0.25) is 0 Å². The van der Waals surface area contributed by atoms with E-state index < -0.39 is 47.7 Å². The smallest absolute Gasteiger partial charge is 0.397 e. The molecule has 1 aliphatic rings. The number of aliphatic hydroxyl groups is 3. The van der Waals surface area contributed by atoms with Crippen molar-refractivity contribution in [3.8, 4) is 11.5 Å². The Labute approximate surface area is 131 Å². The lowest BCUT2D eigenvalue weighted by molar-refractivity contribution is -0.271. The van der Waals surface area contributed by atoms with Crippen molar-refractivity contribution in [3.63, 3.8) is 0 Å². The van der Waals surface area contributed by atoms with Crippen molar-refractivity contribution in [2.75, 3.05) is 6.61 Å². The molecule has 1 saturated heterocycles. The van der Waals surface area contributed by atoms with Gasteiger partial charge in [0.05, 0.1) is 6.61 Å². The van der Waals surface area contributed by atoms with Crippen LogP contribution in [0.15, 0.2) is 24.3 Å². The minimum atomic E-state index is -4.97. The molecule has 1 aliphatic heterocycles. The molecular weight excluding hydrogens is 336 g/mol. The lowest BCUT2D eigenvalue weighted by atomic mass is 9.99. The van der Waals surface area contributed by atoms with Crippen LogP contribution in [0, 0.1) is 0 Å². The van der Waals surface area contributed by atoms with Gasteiger partial charge in [-0.25, -0.2) is 4.18 Å². The highest BCUT2D eigenvalue weighted by Gasteiger charge is 2.48. The molecule has 0 unspecified atom stereocenters. The molecule has 2 rings (SSSR count). The van der Waals surface area contributed by atoms with Crippen molar-refractivity contribution in [1.82, 2.24) is 0 Å². The fourth-order valence-corrected chi connectivity index (χ4v) is 2.54. The maximum atomic E-state index is 10.9. The van der Waals surface area contributed by atoms with Crippen LogP contribution >= 0.6 is 0 Å². The molecule has 1 aromatic rings. The Morgan fingerprint density at radius 1 is 1.13 bits per heavy atom. The van der Waals surface area contributed by atoms with Gasteiger partial charge in [-0.05, 0) is 24.3 Å². The first-order valence-electron chi connectivity index (χ1n) is 6.45. The van der Waals surface area contributed by atoms with Crippen molar-refractivity contribution in [2.24, 2.45) is 0 Å². The monoisotopic (exact) mass is 352 g/mol. The maximum Gasteiger partial charge on any atom is 0.397 e. The second-order valence-electron chi connectivity index (χ2n) is 4.81. The van der Waals surface area contributed by atoms with Gasteiger partial charge in [0, 0.05) is 0 Å². The number of aliphatic hydroxyl groups excluding tert-OH is 3. The van der Waals surface area contributed by atoms with Crippen LogP contribution in [0.25, 0.3) is 0 Å². The fourth-order valence-electron chi connectivity index (χ4n) is 2.05. The third-order valence-electron chi connectivity index (χ3n) is 3.15. The van der Waals surface area contributed by atoms with Gasteiger partial charge < -0.3 is 29.9 Å². The largest absolute Gasteiger partial charge is 0.508 e. The van der Waals surface area contributed by atoms with E-state index in [9.17, 15) is 23.7 Å². The summed E-state index contributed by atoms with van der Waals surface area (Å²) in [5, 5.41) is 38.0. The highest BCUT2D eigenvalue weighted by Crippen LogP contribution is 2.27.